The zero-order valence-corrected chi connectivity index (χ0v) is 23.2. The van der Waals surface area contributed by atoms with Crippen LogP contribution in [0.25, 0.3) is 33.3 Å². The molecule has 6 rings (SSSR count). The van der Waals surface area contributed by atoms with E-state index in [9.17, 15) is 14.4 Å². The highest BCUT2D eigenvalue weighted by Crippen LogP contribution is 2.44. The van der Waals surface area contributed by atoms with Gasteiger partial charge in [-0.25, -0.2) is 9.69 Å². The van der Waals surface area contributed by atoms with Gasteiger partial charge in [0.05, 0.1) is 21.2 Å². The van der Waals surface area contributed by atoms with Crippen molar-refractivity contribution in [2.24, 2.45) is 0 Å². The van der Waals surface area contributed by atoms with Crippen LogP contribution in [0.15, 0.2) is 111 Å². The largest absolute Gasteiger partial charge is 0.454 e. The Labute approximate surface area is 244 Å². The first-order chi connectivity index (χ1) is 19.9. The molecule has 6 nitrogen and oxygen atoms in total. The fourth-order valence-corrected chi connectivity index (χ4v) is 5.29. The highest BCUT2D eigenvalue weighted by molar-refractivity contribution is 6.40. The number of carbonyl (C=O) groups is 2. The first-order valence-corrected chi connectivity index (χ1v) is 13.6. The highest BCUT2D eigenvalue weighted by Gasteiger charge is 2.34. The van der Waals surface area contributed by atoms with Crippen LogP contribution >= 0.6 is 23.2 Å². The van der Waals surface area contributed by atoms with Crippen molar-refractivity contribution in [2.45, 2.75) is 13.3 Å². The summed E-state index contributed by atoms with van der Waals surface area (Å²) in [6.45, 7) is 2.01. The second kappa shape index (κ2) is 10.7. The summed E-state index contributed by atoms with van der Waals surface area (Å²) in [6, 6.07) is 26.8. The van der Waals surface area contributed by atoms with Crippen LogP contribution in [0.3, 0.4) is 0 Å². The number of hydrogen-bond donors (Lipinski definition) is 0. The second-order valence-corrected chi connectivity index (χ2v) is 10.2. The van der Waals surface area contributed by atoms with Gasteiger partial charge in [-0.15, -0.1) is 0 Å². The van der Waals surface area contributed by atoms with Crippen LogP contribution in [0.4, 0.5) is 5.69 Å². The van der Waals surface area contributed by atoms with Crippen molar-refractivity contribution >= 4 is 62.6 Å². The summed E-state index contributed by atoms with van der Waals surface area (Å²) < 4.78 is 11.8. The van der Waals surface area contributed by atoms with Gasteiger partial charge in [-0.1, -0.05) is 72.6 Å². The average Bonchev–Trinajstić information content (AvgIpc) is 3.36. The van der Waals surface area contributed by atoms with Crippen molar-refractivity contribution in [1.82, 2.24) is 0 Å². The van der Waals surface area contributed by atoms with E-state index in [2.05, 4.69) is 0 Å². The minimum absolute atomic E-state index is 0.108. The number of imide groups is 1. The molecule has 0 saturated carbocycles. The fourth-order valence-electron chi connectivity index (χ4n) is 4.86. The standard InChI is InChI=1S/C33H21Cl2NO5/c1-2-19-15-16-28-23(17-19)24(18-29(37)40-28)31-30(22-11-5-8-14-27(22)41-31)36(32(38)20-9-3-6-12-25(20)34)33(39)21-10-4-7-13-26(21)35/h3-18H,2H2,1H3. The molecule has 0 aliphatic heterocycles. The van der Waals surface area contributed by atoms with Crippen LogP contribution in [-0.4, -0.2) is 11.8 Å². The molecule has 4 aromatic carbocycles. The Morgan fingerprint density at radius 1 is 0.707 bits per heavy atom. The number of halogens is 2. The number of anilines is 1. The molecule has 0 saturated heterocycles. The number of para-hydroxylation sites is 1. The van der Waals surface area contributed by atoms with Crippen LogP contribution in [0.1, 0.15) is 33.2 Å². The summed E-state index contributed by atoms with van der Waals surface area (Å²) in [7, 11) is 0. The molecular formula is C33H21Cl2NO5. The lowest BCUT2D eigenvalue weighted by molar-refractivity contribution is 0.0898. The molecule has 2 heterocycles. The number of benzene rings is 4. The molecule has 2 amide bonds. The lowest BCUT2D eigenvalue weighted by Crippen LogP contribution is -2.37. The maximum Gasteiger partial charge on any atom is 0.336 e. The fraction of sp³-hybridized carbons (Fsp3) is 0.0606. The van der Waals surface area contributed by atoms with E-state index in [1.54, 1.807) is 78.9 Å². The van der Waals surface area contributed by atoms with E-state index in [1.165, 1.54) is 6.07 Å². The van der Waals surface area contributed by atoms with Gasteiger partial charge in [-0.3, -0.25) is 9.59 Å². The Hall–Kier alpha value is -4.65. The molecule has 0 fully saturated rings. The normalized spacial score (nSPS) is 11.2. The minimum Gasteiger partial charge on any atom is -0.454 e. The van der Waals surface area contributed by atoms with E-state index in [0.29, 0.717) is 27.5 Å². The topological polar surface area (TPSA) is 80.7 Å². The maximum atomic E-state index is 14.3. The van der Waals surface area contributed by atoms with Crippen LogP contribution < -0.4 is 10.5 Å². The van der Waals surface area contributed by atoms with Crippen LogP contribution in [-0.2, 0) is 6.42 Å². The number of fused-ring (bicyclic) bond motifs is 2. The number of rotatable bonds is 5. The van der Waals surface area contributed by atoms with Gasteiger partial charge in [-0.05, 0) is 60.5 Å². The van der Waals surface area contributed by atoms with Gasteiger partial charge in [0.15, 0.2) is 5.76 Å². The summed E-state index contributed by atoms with van der Waals surface area (Å²) in [6.07, 6.45) is 0.740. The predicted molar refractivity (Wildman–Crippen MR) is 161 cm³/mol. The van der Waals surface area contributed by atoms with Crippen molar-refractivity contribution in [3.05, 3.63) is 134 Å². The molecule has 0 bridgehead atoms. The summed E-state index contributed by atoms with van der Waals surface area (Å²) in [4.78, 5) is 42.4. The molecule has 2 aromatic heterocycles. The minimum atomic E-state index is -0.685. The van der Waals surface area contributed by atoms with Crippen molar-refractivity contribution in [3.63, 3.8) is 0 Å². The van der Waals surface area contributed by atoms with Gasteiger partial charge in [0, 0.05) is 22.4 Å². The average molecular weight is 582 g/mol. The number of amides is 2. The van der Waals surface area contributed by atoms with Gasteiger partial charge in [0.1, 0.15) is 16.9 Å². The lowest BCUT2D eigenvalue weighted by atomic mass is 10.0. The Kier molecular flexibility index (Phi) is 6.95. The molecule has 0 atom stereocenters. The van der Waals surface area contributed by atoms with Crippen molar-refractivity contribution < 1.29 is 18.4 Å². The Bertz CT molecular complexity index is 1980. The third kappa shape index (κ3) is 4.71. The van der Waals surface area contributed by atoms with E-state index < -0.39 is 17.4 Å². The number of carbonyl (C=O) groups excluding carboxylic acids is 2. The summed E-state index contributed by atoms with van der Waals surface area (Å²) >= 11 is 12.9. The Morgan fingerprint density at radius 3 is 1.93 bits per heavy atom. The molecule has 202 valence electrons. The van der Waals surface area contributed by atoms with E-state index in [1.807, 2.05) is 19.1 Å². The van der Waals surface area contributed by atoms with Gasteiger partial charge in [0.25, 0.3) is 11.8 Å². The maximum absolute atomic E-state index is 14.3. The highest BCUT2D eigenvalue weighted by atomic mass is 35.5. The predicted octanol–water partition coefficient (Wildman–Crippen LogP) is 8.56. The lowest BCUT2D eigenvalue weighted by Gasteiger charge is -2.23. The molecule has 0 aliphatic rings. The molecule has 6 aromatic rings. The Balaban J connectivity index is 1.71. The molecule has 0 N–H and O–H groups in total. The van der Waals surface area contributed by atoms with Crippen molar-refractivity contribution in [3.8, 4) is 11.3 Å². The molecule has 8 heteroatoms. The smallest absolute Gasteiger partial charge is 0.336 e. The molecular weight excluding hydrogens is 561 g/mol. The van der Waals surface area contributed by atoms with Crippen molar-refractivity contribution in [1.29, 1.82) is 0 Å². The van der Waals surface area contributed by atoms with Crippen molar-refractivity contribution in [2.75, 3.05) is 4.90 Å². The Morgan fingerprint density at radius 2 is 1.29 bits per heavy atom. The van der Waals surface area contributed by atoms with E-state index >= 15 is 0 Å². The monoisotopic (exact) mass is 581 g/mol. The number of hydrogen-bond acceptors (Lipinski definition) is 5. The summed E-state index contributed by atoms with van der Waals surface area (Å²) in [5.74, 6) is -1.22. The number of nitrogens with zero attached hydrogens (tertiary/aromatic N) is 1. The first-order valence-electron chi connectivity index (χ1n) is 12.8. The second-order valence-electron chi connectivity index (χ2n) is 9.34. The third-order valence-corrected chi connectivity index (χ3v) is 7.53. The zero-order chi connectivity index (χ0) is 28.7. The SMILES string of the molecule is CCc1ccc2oc(=O)cc(-c3oc4ccccc4c3N(C(=O)c3ccccc3Cl)C(=O)c3ccccc3Cl)c2c1. The van der Waals surface area contributed by atoms with Gasteiger partial charge < -0.3 is 8.83 Å². The van der Waals surface area contributed by atoms with Crippen LogP contribution in [0, 0.1) is 0 Å². The third-order valence-electron chi connectivity index (χ3n) is 6.87. The quantitative estimate of drug-likeness (QED) is 0.150. The molecule has 0 aliphatic carbocycles. The van der Waals surface area contributed by atoms with Gasteiger partial charge in [-0.2, -0.15) is 0 Å². The molecule has 41 heavy (non-hydrogen) atoms. The summed E-state index contributed by atoms with van der Waals surface area (Å²) in [5, 5.41) is 1.42. The molecule has 0 spiro atoms. The molecule has 0 unspecified atom stereocenters. The zero-order valence-electron chi connectivity index (χ0n) is 21.7. The summed E-state index contributed by atoms with van der Waals surface area (Å²) in [5.41, 5.74) is 1.90. The van der Waals surface area contributed by atoms with Gasteiger partial charge >= 0.3 is 5.63 Å². The van der Waals surface area contributed by atoms with E-state index in [-0.39, 0.29) is 32.6 Å². The van der Waals surface area contributed by atoms with E-state index in [0.717, 1.165) is 16.9 Å². The van der Waals surface area contributed by atoms with E-state index in [4.69, 9.17) is 32.0 Å². The first kappa shape index (κ1) is 26.6. The van der Waals surface area contributed by atoms with Gasteiger partial charge in [0.2, 0.25) is 0 Å². The van der Waals surface area contributed by atoms with Crippen LogP contribution in [0.2, 0.25) is 10.0 Å². The molecule has 0 radical (unpaired) electrons. The number of furan rings is 1. The van der Waals surface area contributed by atoms with Crippen LogP contribution in [0.5, 0.6) is 0 Å². The number of aryl methyl sites for hydroxylation is 1.